The minimum absolute atomic E-state index is 0.834. The van der Waals surface area contributed by atoms with Crippen LogP contribution in [0.1, 0.15) is 0 Å². The summed E-state index contributed by atoms with van der Waals surface area (Å²) in [5.41, 5.74) is 2.84. The Bertz CT molecular complexity index is 487. The number of hydrogen-bond donors (Lipinski definition) is 0. The SMILES string of the molecule is CN(C)c1ccc(/N=N/c2cc[c]cc2)cc1. The molecule has 0 aliphatic carbocycles. The highest BCUT2D eigenvalue weighted by molar-refractivity contribution is 5.51. The van der Waals surface area contributed by atoms with E-state index in [4.69, 9.17) is 0 Å². The van der Waals surface area contributed by atoms with Crippen LogP contribution in [-0.2, 0) is 0 Å². The molecule has 0 bridgehead atoms. The lowest BCUT2D eigenvalue weighted by Crippen LogP contribution is -2.07. The van der Waals surface area contributed by atoms with Gasteiger partial charge in [0.2, 0.25) is 0 Å². The fourth-order valence-corrected chi connectivity index (χ4v) is 1.38. The van der Waals surface area contributed by atoms with Gasteiger partial charge in [-0.1, -0.05) is 12.1 Å². The Labute approximate surface area is 101 Å². The van der Waals surface area contributed by atoms with Gasteiger partial charge in [-0.25, -0.2) is 0 Å². The van der Waals surface area contributed by atoms with Gasteiger partial charge in [-0.2, -0.15) is 10.2 Å². The Morgan fingerprint density at radius 2 is 1.35 bits per heavy atom. The van der Waals surface area contributed by atoms with Crippen molar-refractivity contribution < 1.29 is 0 Å². The first-order valence-electron chi connectivity index (χ1n) is 5.41. The molecule has 0 spiro atoms. The summed E-state index contributed by atoms with van der Waals surface area (Å²) < 4.78 is 0. The first-order valence-corrected chi connectivity index (χ1v) is 5.41. The van der Waals surface area contributed by atoms with E-state index in [0.717, 1.165) is 17.1 Å². The van der Waals surface area contributed by atoms with Crippen molar-refractivity contribution in [2.24, 2.45) is 10.2 Å². The second kappa shape index (κ2) is 5.25. The van der Waals surface area contributed by atoms with Crippen LogP contribution < -0.4 is 4.90 Å². The quantitative estimate of drug-likeness (QED) is 0.725. The van der Waals surface area contributed by atoms with Crippen molar-refractivity contribution in [3.63, 3.8) is 0 Å². The molecule has 0 aliphatic heterocycles. The molecule has 0 amide bonds. The number of benzene rings is 2. The second-order valence-electron chi connectivity index (χ2n) is 3.87. The van der Waals surface area contributed by atoms with Crippen LogP contribution in [0.15, 0.2) is 58.8 Å². The Kier molecular flexibility index (Phi) is 3.50. The maximum atomic E-state index is 4.17. The van der Waals surface area contributed by atoms with E-state index < -0.39 is 0 Å². The fourth-order valence-electron chi connectivity index (χ4n) is 1.38. The van der Waals surface area contributed by atoms with Gasteiger partial charge in [-0.15, -0.1) is 0 Å². The average molecular weight is 224 g/mol. The van der Waals surface area contributed by atoms with E-state index in [0.29, 0.717) is 0 Å². The van der Waals surface area contributed by atoms with Crippen LogP contribution in [0.2, 0.25) is 0 Å². The Hall–Kier alpha value is -2.16. The van der Waals surface area contributed by atoms with E-state index in [2.05, 4.69) is 16.3 Å². The van der Waals surface area contributed by atoms with Crippen molar-refractivity contribution in [1.82, 2.24) is 0 Å². The smallest absolute Gasteiger partial charge is 0.0858 e. The molecule has 0 aromatic heterocycles. The summed E-state index contributed by atoms with van der Waals surface area (Å²) in [5.74, 6) is 0. The molecule has 0 saturated heterocycles. The summed E-state index contributed by atoms with van der Waals surface area (Å²) in [6.45, 7) is 0. The first kappa shape index (κ1) is 11.3. The minimum atomic E-state index is 0.834. The van der Waals surface area contributed by atoms with Gasteiger partial charge in [-0.3, -0.25) is 0 Å². The number of anilines is 1. The minimum Gasteiger partial charge on any atom is -0.378 e. The van der Waals surface area contributed by atoms with Gasteiger partial charge < -0.3 is 4.90 Å². The van der Waals surface area contributed by atoms with Gasteiger partial charge in [0, 0.05) is 19.8 Å². The van der Waals surface area contributed by atoms with E-state index in [-0.39, 0.29) is 0 Å². The fraction of sp³-hybridized carbons (Fsp3) is 0.143. The molecule has 2 aromatic rings. The Morgan fingerprint density at radius 3 is 1.88 bits per heavy atom. The lowest BCUT2D eigenvalue weighted by molar-refractivity contribution is 1.13. The molecule has 0 fully saturated rings. The predicted octanol–water partition coefficient (Wildman–Crippen LogP) is 3.97. The molecule has 2 rings (SSSR count). The molecular formula is C14H14N3. The van der Waals surface area contributed by atoms with Gasteiger partial charge >= 0.3 is 0 Å². The van der Waals surface area contributed by atoms with Gasteiger partial charge in [0.1, 0.15) is 0 Å². The molecule has 17 heavy (non-hydrogen) atoms. The van der Waals surface area contributed by atoms with Gasteiger partial charge in [0.15, 0.2) is 0 Å². The Balaban J connectivity index is 2.12. The highest BCUT2D eigenvalue weighted by Gasteiger charge is 1.94. The number of azo groups is 1. The van der Waals surface area contributed by atoms with Crippen LogP contribution in [0.3, 0.4) is 0 Å². The number of rotatable bonds is 3. The molecule has 0 N–H and O–H groups in total. The van der Waals surface area contributed by atoms with E-state index in [1.807, 2.05) is 67.5 Å². The molecule has 0 saturated carbocycles. The zero-order valence-electron chi connectivity index (χ0n) is 9.96. The zero-order chi connectivity index (χ0) is 12.1. The molecule has 85 valence electrons. The van der Waals surface area contributed by atoms with Crippen molar-refractivity contribution in [2.45, 2.75) is 0 Å². The summed E-state index contributed by atoms with van der Waals surface area (Å²) in [4.78, 5) is 2.05. The predicted molar refractivity (Wildman–Crippen MR) is 70.2 cm³/mol. The lowest BCUT2D eigenvalue weighted by atomic mass is 10.3. The van der Waals surface area contributed by atoms with Gasteiger partial charge in [-0.05, 0) is 42.5 Å². The van der Waals surface area contributed by atoms with Crippen LogP contribution in [-0.4, -0.2) is 14.1 Å². The normalized spacial score (nSPS) is 10.7. The largest absolute Gasteiger partial charge is 0.378 e. The molecule has 3 nitrogen and oxygen atoms in total. The summed E-state index contributed by atoms with van der Waals surface area (Å²) in [7, 11) is 4.02. The number of nitrogens with zero attached hydrogens (tertiary/aromatic N) is 3. The van der Waals surface area contributed by atoms with Crippen molar-refractivity contribution in [3.05, 3.63) is 54.6 Å². The Morgan fingerprint density at radius 1 is 0.824 bits per heavy atom. The van der Waals surface area contributed by atoms with Crippen molar-refractivity contribution in [2.75, 3.05) is 19.0 Å². The van der Waals surface area contributed by atoms with E-state index in [1.54, 1.807) is 0 Å². The highest BCUT2D eigenvalue weighted by Crippen LogP contribution is 2.20. The molecule has 3 heteroatoms. The summed E-state index contributed by atoms with van der Waals surface area (Å²) in [5, 5.41) is 8.31. The van der Waals surface area contributed by atoms with E-state index in [9.17, 15) is 0 Å². The van der Waals surface area contributed by atoms with Crippen molar-refractivity contribution in [3.8, 4) is 0 Å². The number of hydrogen-bond acceptors (Lipinski definition) is 3. The molecule has 2 aromatic carbocycles. The van der Waals surface area contributed by atoms with Crippen LogP contribution in [0.5, 0.6) is 0 Å². The van der Waals surface area contributed by atoms with Crippen LogP contribution >= 0.6 is 0 Å². The third-order valence-corrected chi connectivity index (χ3v) is 2.35. The maximum absolute atomic E-state index is 4.17. The molecule has 1 radical (unpaired) electrons. The zero-order valence-corrected chi connectivity index (χ0v) is 9.96. The van der Waals surface area contributed by atoms with E-state index >= 15 is 0 Å². The second-order valence-corrected chi connectivity index (χ2v) is 3.87. The third kappa shape index (κ3) is 3.14. The molecular weight excluding hydrogens is 210 g/mol. The monoisotopic (exact) mass is 224 g/mol. The van der Waals surface area contributed by atoms with Gasteiger partial charge in [0.25, 0.3) is 0 Å². The van der Waals surface area contributed by atoms with Crippen molar-refractivity contribution in [1.29, 1.82) is 0 Å². The molecule has 0 atom stereocenters. The summed E-state index contributed by atoms with van der Waals surface area (Å²) in [6.07, 6.45) is 0. The van der Waals surface area contributed by atoms with Crippen LogP contribution in [0.4, 0.5) is 17.1 Å². The third-order valence-electron chi connectivity index (χ3n) is 2.35. The van der Waals surface area contributed by atoms with Gasteiger partial charge in [0.05, 0.1) is 11.4 Å². The summed E-state index contributed by atoms with van der Waals surface area (Å²) >= 11 is 0. The maximum Gasteiger partial charge on any atom is 0.0858 e. The first-order chi connectivity index (χ1) is 8.25. The molecule has 0 heterocycles. The average Bonchev–Trinajstić information content (AvgIpc) is 2.38. The molecule has 0 unspecified atom stereocenters. The van der Waals surface area contributed by atoms with E-state index in [1.165, 1.54) is 0 Å². The van der Waals surface area contributed by atoms with Crippen LogP contribution in [0.25, 0.3) is 0 Å². The summed E-state index contributed by atoms with van der Waals surface area (Å²) in [6, 6.07) is 18.3. The van der Waals surface area contributed by atoms with Crippen molar-refractivity contribution >= 4 is 17.1 Å². The molecule has 0 aliphatic rings. The van der Waals surface area contributed by atoms with Crippen LogP contribution in [0, 0.1) is 6.07 Å². The standard InChI is InChI=1S/C14H14N3/c1-17(2)14-10-8-13(9-11-14)16-15-12-6-4-3-5-7-12/h4-11H,1-2H3/b16-15+. The lowest BCUT2D eigenvalue weighted by Gasteiger charge is -2.11. The topological polar surface area (TPSA) is 28.0 Å². The highest BCUT2D eigenvalue weighted by atomic mass is 15.1.